The number of aryl methyl sites for hydroxylation is 1. The highest BCUT2D eigenvalue weighted by atomic mass is 35.7. The number of halogens is 1. The van der Waals surface area contributed by atoms with Crippen LogP contribution in [0.2, 0.25) is 0 Å². The molecular formula is C10H17ClN2O3S. The first-order chi connectivity index (χ1) is 7.94. The molecule has 1 heterocycles. The molecule has 1 unspecified atom stereocenters. The van der Waals surface area contributed by atoms with Crippen molar-refractivity contribution in [3.05, 3.63) is 12.4 Å². The van der Waals surface area contributed by atoms with Crippen LogP contribution in [0, 0.1) is 5.92 Å². The number of nitrogens with zero attached hydrogens (tertiary/aromatic N) is 2. The van der Waals surface area contributed by atoms with Crippen LogP contribution >= 0.6 is 10.7 Å². The van der Waals surface area contributed by atoms with Crippen molar-refractivity contribution >= 4 is 19.7 Å². The molecule has 0 aliphatic carbocycles. The zero-order valence-electron chi connectivity index (χ0n) is 9.97. The molecule has 0 fully saturated rings. The maximum absolute atomic E-state index is 11.0. The van der Waals surface area contributed by atoms with Crippen molar-refractivity contribution in [2.75, 3.05) is 12.4 Å². The van der Waals surface area contributed by atoms with Gasteiger partial charge in [-0.1, -0.05) is 6.92 Å². The lowest BCUT2D eigenvalue weighted by molar-refractivity contribution is 0.257. The summed E-state index contributed by atoms with van der Waals surface area (Å²) in [5, 5.41) is 4.06. The average Bonchev–Trinajstić information content (AvgIpc) is 2.70. The molecule has 17 heavy (non-hydrogen) atoms. The van der Waals surface area contributed by atoms with Crippen LogP contribution in [0.4, 0.5) is 0 Å². The molecule has 98 valence electrons. The van der Waals surface area contributed by atoms with Gasteiger partial charge in [0.05, 0.1) is 24.8 Å². The quantitative estimate of drug-likeness (QED) is 0.716. The minimum atomic E-state index is -3.47. The Bertz CT molecular complexity index is 444. The summed E-state index contributed by atoms with van der Waals surface area (Å²) in [5.41, 5.74) is 0. The van der Waals surface area contributed by atoms with Gasteiger partial charge in [-0.3, -0.25) is 4.68 Å². The minimum Gasteiger partial charge on any atom is -0.490 e. The summed E-state index contributed by atoms with van der Waals surface area (Å²) in [6.07, 6.45) is 4.10. The molecule has 0 aromatic carbocycles. The van der Waals surface area contributed by atoms with Gasteiger partial charge in [-0.25, -0.2) is 8.42 Å². The van der Waals surface area contributed by atoms with Gasteiger partial charge in [-0.05, 0) is 13.3 Å². The lowest BCUT2D eigenvalue weighted by Gasteiger charge is -2.12. The molecule has 0 radical (unpaired) electrons. The molecule has 0 aliphatic heterocycles. The van der Waals surface area contributed by atoms with E-state index >= 15 is 0 Å². The highest BCUT2D eigenvalue weighted by Crippen LogP contribution is 2.14. The minimum absolute atomic E-state index is 0.0625. The third-order valence-electron chi connectivity index (χ3n) is 2.43. The maximum Gasteiger partial charge on any atom is 0.232 e. The van der Waals surface area contributed by atoms with Crippen LogP contribution in [0.3, 0.4) is 0 Å². The van der Waals surface area contributed by atoms with Crippen molar-refractivity contribution in [1.82, 2.24) is 9.78 Å². The van der Waals surface area contributed by atoms with E-state index in [0.29, 0.717) is 18.8 Å². The molecule has 1 aromatic rings. The summed E-state index contributed by atoms with van der Waals surface area (Å²) in [6, 6.07) is 0. The van der Waals surface area contributed by atoms with Crippen LogP contribution in [-0.4, -0.2) is 30.6 Å². The molecule has 7 heteroatoms. The molecular weight excluding hydrogens is 264 g/mol. The Balaban J connectivity index is 2.47. The first-order valence-corrected chi connectivity index (χ1v) is 8.00. The first kappa shape index (κ1) is 14.3. The van der Waals surface area contributed by atoms with E-state index in [4.69, 9.17) is 15.4 Å². The summed E-state index contributed by atoms with van der Waals surface area (Å²) < 4.78 is 29.1. The van der Waals surface area contributed by atoms with E-state index in [2.05, 4.69) is 5.10 Å². The zero-order valence-corrected chi connectivity index (χ0v) is 11.5. The number of hydrogen-bond acceptors (Lipinski definition) is 4. The molecule has 1 aromatic heterocycles. The number of aromatic nitrogens is 2. The fraction of sp³-hybridized carbons (Fsp3) is 0.700. The molecule has 0 bridgehead atoms. The average molecular weight is 281 g/mol. The van der Waals surface area contributed by atoms with Crippen LogP contribution in [0.1, 0.15) is 20.3 Å². The third-order valence-corrected chi connectivity index (χ3v) is 3.68. The largest absolute Gasteiger partial charge is 0.490 e. The van der Waals surface area contributed by atoms with E-state index in [9.17, 15) is 8.42 Å². The van der Waals surface area contributed by atoms with E-state index < -0.39 is 9.05 Å². The molecule has 0 spiro atoms. The Morgan fingerprint density at radius 1 is 1.53 bits per heavy atom. The smallest absolute Gasteiger partial charge is 0.232 e. The standard InChI is InChI=1S/C10H17ClN2O3S/c1-3-9(8-17(11,14)15)7-16-10-5-12-13(4-2)6-10/h5-6,9H,3-4,7-8H2,1-2H3. The van der Waals surface area contributed by atoms with Gasteiger partial charge in [-0.2, -0.15) is 5.10 Å². The molecule has 5 nitrogen and oxygen atoms in total. The maximum atomic E-state index is 11.0. The summed E-state index contributed by atoms with van der Waals surface area (Å²) in [7, 11) is 1.75. The predicted octanol–water partition coefficient (Wildman–Crippen LogP) is 1.88. The van der Waals surface area contributed by atoms with Crippen LogP contribution in [0.25, 0.3) is 0 Å². The monoisotopic (exact) mass is 280 g/mol. The second-order valence-corrected chi connectivity index (χ2v) is 6.64. The van der Waals surface area contributed by atoms with E-state index in [1.165, 1.54) is 0 Å². The van der Waals surface area contributed by atoms with Crippen molar-refractivity contribution < 1.29 is 13.2 Å². The highest BCUT2D eigenvalue weighted by molar-refractivity contribution is 8.13. The topological polar surface area (TPSA) is 61.2 Å². The van der Waals surface area contributed by atoms with Gasteiger partial charge < -0.3 is 4.74 Å². The highest BCUT2D eigenvalue weighted by Gasteiger charge is 2.16. The van der Waals surface area contributed by atoms with Crippen LogP contribution in [0.5, 0.6) is 5.75 Å². The Labute approximate surface area is 106 Å². The van der Waals surface area contributed by atoms with Gasteiger partial charge in [-0.15, -0.1) is 0 Å². The molecule has 1 atom stereocenters. The van der Waals surface area contributed by atoms with Gasteiger partial charge in [0.15, 0.2) is 5.75 Å². The fourth-order valence-corrected chi connectivity index (χ4v) is 2.80. The number of ether oxygens (including phenoxy) is 1. The van der Waals surface area contributed by atoms with Crippen molar-refractivity contribution in [3.63, 3.8) is 0 Å². The Morgan fingerprint density at radius 2 is 2.24 bits per heavy atom. The SMILES string of the molecule is CCC(COc1cnn(CC)c1)CS(=O)(=O)Cl. The van der Waals surface area contributed by atoms with Crippen LogP contribution < -0.4 is 4.74 Å². The molecule has 0 aliphatic rings. The Hall–Kier alpha value is -0.750. The van der Waals surface area contributed by atoms with Crippen molar-refractivity contribution in [1.29, 1.82) is 0 Å². The molecule has 1 rings (SSSR count). The van der Waals surface area contributed by atoms with Crippen LogP contribution in [-0.2, 0) is 15.6 Å². The Kier molecular flexibility index (Phi) is 5.27. The van der Waals surface area contributed by atoms with Crippen molar-refractivity contribution in [2.24, 2.45) is 5.92 Å². The van der Waals surface area contributed by atoms with Gasteiger partial charge in [0, 0.05) is 23.1 Å². The summed E-state index contributed by atoms with van der Waals surface area (Å²) in [6.45, 7) is 4.99. The molecule has 0 saturated heterocycles. The van der Waals surface area contributed by atoms with Crippen molar-refractivity contribution in [2.45, 2.75) is 26.8 Å². The molecule has 0 N–H and O–H groups in total. The molecule has 0 saturated carbocycles. The second kappa shape index (κ2) is 6.26. The Morgan fingerprint density at radius 3 is 2.71 bits per heavy atom. The van der Waals surface area contributed by atoms with Gasteiger partial charge in [0.2, 0.25) is 9.05 Å². The van der Waals surface area contributed by atoms with E-state index in [0.717, 1.165) is 6.54 Å². The van der Waals surface area contributed by atoms with Crippen molar-refractivity contribution in [3.8, 4) is 5.75 Å². The summed E-state index contributed by atoms with van der Waals surface area (Å²) in [4.78, 5) is 0. The fourth-order valence-electron chi connectivity index (χ4n) is 1.37. The zero-order chi connectivity index (χ0) is 12.9. The number of hydrogen-bond donors (Lipinski definition) is 0. The molecule has 0 amide bonds. The summed E-state index contributed by atoms with van der Waals surface area (Å²) >= 11 is 0. The third kappa shape index (κ3) is 5.41. The number of rotatable bonds is 7. The van der Waals surface area contributed by atoms with E-state index in [1.54, 1.807) is 17.1 Å². The first-order valence-electron chi connectivity index (χ1n) is 5.52. The van der Waals surface area contributed by atoms with E-state index in [1.807, 2.05) is 13.8 Å². The van der Waals surface area contributed by atoms with Crippen LogP contribution in [0.15, 0.2) is 12.4 Å². The second-order valence-electron chi connectivity index (χ2n) is 3.82. The normalized spacial score (nSPS) is 13.6. The lowest BCUT2D eigenvalue weighted by atomic mass is 10.1. The predicted molar refractivity (Wildman–Crippen MR) is 66.8 cm³/mol. The lowest BCUT2D eigenvalue weighted by Crippen LogP contribution is -2.18. The van der Waals surface area contributed by atoms with Gasteiger partial charge >= 0.3 is 0 Å². The van der Waals surface area contributed by atoms with Gasteiger partial charge in [0.25, 0.3) is 0 Å². The van der Waals surface area contributed by atoms with E-state index in [-0.39, 0.29) is 11.7 Å². The summed E-state index contributed by atoms with van der Waals surface area (Å²) in [5.74, 6) is 0.493. The van der Waals surface area contributed by atoms with Gasteiger partial charge in [0.1, 0.15) is 0 Å².